The minimum absolute atomic E-state index is 0.439. The smallest absolute Gasteiger partial charge is 0.446 e. The van der Waals surface area contributed by atoms with Crippen molar-refractivity contribution < 1.29 is 14.0 Å². The summed E-state index contributed by atoms with van der Waals surface area (Å²) in [4.78, 5) is 11.0. The van der Waals surface area contributed by atoms with E-state index in [2.05, 4.69) is 5.16 Å². The second kappa shape index (κ2) is 5.66. The van der Waals surface area contributed by atoms with E-state index in [-0.39, 0.29) is 0 Å². The third-order valence-corrected chi connectivity index (χ3v) is 4.79. The van der Waals surface area contributed by atoms with Crippen LogP contribution < -0.4 is 10.5 Å². The van der Waals surface area contributed by atoms with Gasteiger partial charge in [-0.25, -0.2) is 9.36 Å². The van der Waals surface area contributed by atoms with E-state index in [1.807, 2.05) is 43.5 Å². The van der Waals surface area contributed by atoms with E-state index in [9.17, 15) is 4.79 Å². The van der Waals surface area contributed by atoms with Crippen molar-refractivity contribution in [3.05, 3.63) is 51.6 Å². The molecule has 0 saturated heterocycles. The standard InChI is InChI=1S/C15H16N2O4S/c1-4-20-15(11-5-7-12(19-3)8-6-11)13-16-21-14(18)17(13)10(2)9-22-15/h5-9H,4H2,1-3H3. The number of hydrogen-bond donors (Lipinski definition) is 0. The lowest BCUT2D eigenvalue weighted by atomic mass is 10.1. The van der Waals surface area contributed by atoms with Gasteiger partial charge in [0.05, 0.1) is 7.11 Å². The van der Waals surface area contributed by atoms with Crippen molar-refractivity contribution in [2.24, 2.45) is 0 Å². The predicted molar refractivity (Wildman–Crippen MR) is 83.7 cm³/mol. The van der Waals surface area contributed by atoms with Crippen LogP contribution in [0.4, 0.5) is 0 Å². The molecule has 1 unspecified atom stereocenters. The van der Waals surface area contributed by atoms with Crippen LogP contribution in [0, 0.1) is 0 Å². The maximum atomic E-state index is 11.9. The van der Waals surface area contributed by atoms with Gasteiger partial charge in [-0.3, -0.25) is 4.52 Å². The van der Waals surface area contributed by atoms with Crippen molar-refractivity contribution in [3.63, 3.8) is 0 Å². The zero-order valence-corrected chi connectivity index (χ0v) is 13.3. The maximum absolute atomic E-state index is 11.9. The number of allylic oxidation sites excluding steroid dienone is 1. The van der Waals surface area contributed by atoms with Gasteiger partial charge in [-0.2, -0.15) is 0 Å². The highest BCUT2D eigenvalue weighted by molar-refractivity contribution is 8.03. The fourth-order valence-electron chi connectivity index (χ4n) is 2.44. The minimum atomic E-state index is -0.910. The quantitative estimate of drug-likeness (QED) is 0.863. The number of aromatic nitrogens is 2. The number of methoxy groups -OCH3 is 1. The van der Waals surface area contributed by atoms with E-state index in [0.29, 0.717) is 12.4 Å². The number of benzene rings is 1. The zero-order chi connectivity index (χ0) is 15.7. The molecule has 1 atom stereocenters. The van der Waals surface area contributed by atoms with Crippen molar-refractivity contribution in [3.8, 4) is 5.75 Å². The van der Waals surface area contributed by atoms with Gasteiger partial charge in [-0.15, -0.1) is 0 Å². The average Bonchev–Trinajstić information content (AvgIpc) is 2.94. The fourth-order valence-corrected chi connectivity index (χ4v) is 3.57. The van der Waals surface area contributed by atoms with Gasteiger partial charge in [-0.05, 0) is 31.4 Å². The van der Waals surface area contributed by atoms with Gasteiger partial charge in [0, 0.05) is 17.9 Å². The minimum Gasteiger partial charge on any atom is -0.497 e. The maximum Gasteiger partial charge on any atom is 0.446 e. The molecule has 0 aliphatic carbocycles. The van der Waals surface area contributed by atoms with Crippen LogP contribution in [0.1, 0.15) is 25.2 Å². The highest BCUT2D eigenvalue weighted by atomic mass is 32.2. The van der Waals surface area contributed by atoms with E-state index in [1.165, 1.54) is 16.3 Å². The molecule has 1 aliphatic heterocycles. The Morgan fingerprint density at radius 1 is 1.36 bits per heavy atom. The van der Waals surface area contributed by atoms with Crippen molar-refractivity contribution in [1.29, 1.82) is 0 Å². The first-order valence-electron chi connectivity index (χ1n) is 6.85. The number of thioether (sulfide) groups is 1. The molecule has 116 valence electrons. The fraction of sp³-hybridized carbons (Fsp3) is 0.333. The second-order valence-electron chi connectivity index (χ2n) is 4.76. The second-order valence-corrected chi connectivity index (χ2v) is 5.81. The molecule has 22 heavy (non-hydrogen) atoms. The van der Waals surface area contributed by atoms with Crippen LogP contribution in [0.3, 0.4) is 0 Å². The van der Waals surface area contributed by atoms with Gasteiger partial charge in [0.2, 0.25) is 10.8 Å². The summed E-state index contributed by atoms with van der Waals surface area (Å²) in [5.74, 6) is 0.677. The molecule has 0 fully saturated rings. The molecule has 0 bridgehead atoms. The molecule has 6 nitrogen and oxygen atoms in total. The molecule has 0 radical (unpaired) electrons. The molecule has 0 amide bonds. The van der Waals surface area contributed by atoms with Crippen LogP contribution in [-0.4, -0.2) is 23.4 Å². The lowest BCUT2D eigenvalue weighted by Crippen LogP contribution is -2.35. The first-order valence-corrected chi connectivity index (χ1v) is 7.73. The van der Waals surface area contributed by atoms with Crippen molar-refractivity contribution in [2.45, 2.75) is 18.8 Å². The summed E-state index contributed by atoms with van der Waals surface area (Å²) >= 11 is 1.46. The normalized spacial score (nSPS) is 20.4. The average molecular weight is 320 g/mol. The SMILES string of the molecule is CCOC1(c2ccc(OC)cc2)SC=C(C)n2c1noc2=O. The molecule has 2 heterocycles. The van der Waals surface area contributed by atoms with Gasteiger partial charge in [-0.1, -0.05) is 29.1 Å². The molecule has 3 rings (SSSR count). The summed E-state index contributed by atoms with van der Waals surface area (Å²) in [7, 11) is 1.62. The monoisotopic (exact) mass is 320 g/mol. The number of fused-ring (bicyclic) bond motifs is 1. The summed E-state index contributed by atoms with van der Waals surface area (Å²) in [6.07, 6.45) is 0. The van der Waals surface area contributed by atoms with Crippen molar-refractivity contribution in [2.75, 3.05) is 13.7 Å². The summed E-state index contributed by atoms with van der Waals surface area (Å²) in [6, 6.07) is 7.51. The van der Waals surface area contributed by atoms with E-state index in [4.69, 9.17) is 14.0 Å². The molecule has 1 aromatic carbocycles. The third kappa shape index (κ3) is 2.17. The molecule has 1 aliphatic rings. The number of hydrogen-bond acceptors (Lipinski definition) is 6. The number of ether oxygens (including phenoxy) is 2. The van der Waals surface area contributed by atoms with Crippen molar-refractivity contribution in [1.82, 2.24) is 9.72 Å². The van der Waals surface area contributed by atoms with Crippen LogP contribution in [0.2, 0.25) is 0 Å². The largest absolute Gasteiger partial charge is 0.497 e. The number of nitrogens with zero attached hydrogens (tertiary/aromatic N) is 2. The lowest BCUT2D eigenvalue weighted by Gasteiger charge is -2.33. The van der Waals surface area contributed by atoms with Crippen LogP contribution in [-0.2, 0) is 9.67 Å². The lowest BCUT2D eigenvalue weighted by molar-refractivity contribution is 0.0530. The Morgan fingerprint density at radius 3 is 2.73 bits per heavy atom. The van der Waals surface area contributed by atoms with Gasteiger partial charge < -0.3 is 9.47 Å². The highest BCUT2D eigenvalue weighted by Crippen LogP contribution is 2.47. The Bertz CT molecular complexity index is 763. The predicted octanol–water partition coefficient (Wildman–Crippen LogP) is 2.65. The molecule has 0 spiro atoms. The van der Waals surface area contributed by atoms with Gasteiger partial charge in [0.1, 0.15) is 5.75 Å². The van der Waals surface area contributed by atoms with E-state index in [1.54, 1.807) is 7.11 Å². The Kier molecular flexibility index (Phi) is 3.84. The molecular formula is C15H16N2O4S. The molecule has 0 saturated carbocycles. The van der Waals surface area contributed by atoms with E-state index in [0.717, 1.165) is 17.0 Å². The van der Waals surface area contributed by atoms with E-state index >= 15 is 0 Å². The Hall–Kier alpha value is -1.99. The molecule has 1 aromatic heterocycles. The van der Waals surface area contributed by atoms with Gasteiger partial charge in [0.15, 0.2) is 0 Å². The summed E-state index contributed by atoms with van der Waals surface area (Å²) in [5, 5.41) is 5.84. The number of rotatable bonds is 4. The first kappa shape index (κ1) is 14.9. The van der Waals surface area contributed by atoms with Crippen LogP contribution >= 0.6 is 11.8 Å². The van der Waals surface area contributed by atoms with Gasteiger partial charge >= 0.3 is 5.76 Å². The molecular weight excluding hydrogens is 304 g/mol. The van der Waals surface area contributed by atoms with Crippen LogP contribution in [0.15, 0.2) is 39.0 Å². The molecule has 2 aromatic rings. The van der Waals surface area contributed by atoms with Gasteiger partial charge in [0.25, 0.3) is 0 Å². The third-order valence-electron chi connectivity index (χ3n) is 3.46. The van der Waals surface area contributed by atoms with Crippen molar-refractivity contribution >= 4 is 17.5 Å². The van der Waals surface area contributed by atoms with Crippen LogP contribution in [0.25, 0.3) is 5.70 Å². The summed E-state index contributed by atoms with van der Waals surface area (Å²) < 4.78 is 17.5. The summed E-state index contributed by atoms with van der Waals surface area (Å²) in [6.45, 7) is 4.20. The topological polar surface area (TPSA) is 66.5 Å². The Balaban J connectivity index is 2.19. The Morgan fingerprint density at radius 2 is 2.09 bits per heavy atom. The summed E-state index contributed by atoms with van der Waals surface area (Å²) in [5.41, 5.74) is 1.63. The Labute approximate surface area is 131 Å². The molecule has 0 N–H and O–H groups in total. The van der Waals surface area contributed by atoms with E-state index < -0.39 is 10.7 Å². The highest BCUT2D eigenvalue weighted by Gasteiger charge is 2.44. The zero-order valence-electron chi connectivity index (χ0n) is 12.5. The van der Waals surface area contributed by atoms with Crippen LogP contribution in [0.5, 0.6) is 5.75 Å². The first-order chi connectivity index (χ1) is 10.6. The molecule has 7 heteroatoms.